The van der Waals surface area contributed by atoms with Gasteiger partial charge in [-0.3, -0.25) is 9.88 Å². The first-order valence-electron chi connectivity index (χ1n) is 5.35. The third-order valence-electron chi connectivity index (χ3n) is 2.84. The average molecular weight is 270 g/mol. The van der Waals surface area contributed by atoms with Crippen LogP contribution in [0, 0.1) is 0 Å². The van der Waals surface area contributed by atoms with Gasteiger partial charge in [0.2, 0.25) is 0 Å². The normalized spacial score (nSPS) is 16.7. The fourth-order valence-corrected chi connectivity index (χ4v) is 1.97. The molecule has 15 heavy (non-hydrogen) atoms. The van der Waals surface area contributed by atoms with E-state index in [4.69, 9.17) is 0 Å². The van der Waals surface area contributed by atoms with Gasteiger partial charge in [-0.25, -0.2) is 0 Å². The van der Waals surface area contributed by atoms with E-state index in [0.29, 0.717) is 6.04 Å². The zero-order chi connectivity index (χ0) is 10.7. The molecule has 1 aromatic heterocycles. The van der Waals surface area contributed by atoms with Crippen molar-refractivity contribution in [1.29, 1.82) is 0 Å². The molecule has 0 saturated carbocycles. The molecule has 1 N–H and O–H groups in total. The Morgan fingerprint density at radius 2 is 2.33 bits per heavy atom. The number of likely N-dealkylation sites (N-methyl/N-ethyl adjacent to an activating group) is 1. The second kappa shape index (κ2) is 5.05. The van der Waals surface area contributed by atoms with Crippen LogP contribution in [0.3, 0.4) is 0 Å². The summed E-state index contributed by atoms with van der Waals surface area (Å²) in [7, 11) is 0. The molecule has 2 rings (SSSR count). The fraction of sp³-hybridized carbons (Fsp3) is 0.545. The maximum atomic E-state index is 4.40. The minimum Gasteiger partial charge on any atom is -0.314 e. The molecule has 1 saturated heterocycles. The van der Waals surface area contributed by atoms with E-state index in [9.17, 15) is 0 Å². The summed E-state index contributed by atoms with van der Waals surface area (Å²) in [6, 6.07) is 4.83. The zero-order valence-electron chi connectivity index (χ0n) is 8.91. The Labute approximate surface area is 99.0 Å². The van der Waals surface area contributed by atoms with Crippen LogP contribution in [-0.2, 0) is 6.54 Å². The van der Waals surface area contributed by atoms with Crippen molar-refractivity contribution in [2.24, 2.45) is 0 Å². The molecule has 82 valence electrons. The zero-order valence-corrected chi connectivity index (χ0v) is 10.5. The molecule has 1 aromatic rings. The number of hydrogen-bond donors (Lipinski definition) is 1. The maximum Gasteiger partial charge on any atom is 0.0544 e. The summed E-state index contributed by atoms with van der Waals surface area (Å²) in [4.78, 5) is 6.86. The molecule has 0 bridgehead atoms. The molecule has 0 aromatic carbocycles. The van der Waals surface area contributed by atoms with Crippen LogP contribution in [0.4, 0.5) is 0 Å². The molecule has 1 aliphatic heterocycles. The summed E-state index contributed by atoms with van der Waals surface area (Å²) in [6.07, 6.45) is 1.86. The van der Waals surface area contributed by atoms with Gasteiger partial charge in [0.15, 0.2) is 0 Å². The highest BCUT2D eigenvalue weighted by Gasteiger charge is 2.23. The predicted molar refractivity (Wildman–Crippen MR) is 64.7 cm³/mol. The molecule has 2 heterocycles. The van der Waals surface area contributed by atoms with Gasteiger partial charge in [0, 0.05) is 36.3 Å². The Morgan fingerprint density at radius 3 is 2.80 bits per heavy atom. The van der Waals surface area contributed by atoms with Gasteiger partial charge in [0.05, 0.1) is 5.69 Å². The summed E-state index contributed by atoms with van der Waals surface area (Å²) >= 11 is 3.40. The lowest BCUT2D eigenvalue weighted by molar-refractivity contribution is 0.143. The predicted octanol–water partition coefficient (Wildman–Crippen LogP) is 1.64. The van der Waals surface area contributed by atoms with E-state index in [2.05, 4.69) is 50.2 Å². The van der Waals surface area contributed by atoms with Crippen molar-refractivity contribution in [2.75, 3.05) is 19.6 Å². The Morgan fingerprint density at radius 1 is 1.53 bits per heavy atom. The first kappa shape index (κ1) is 11.0. The number of nitrogens with one attached hydrogen (secondary N) is 1. The van der Waals surface area contributed by atoms with E-state index in [1.54, 1.807) is 0 Å². The topological polar surface area (TPSA) is 28.2 Å². The van der Waals surface area contributed by atoms with Gasteiger partial charge in [0.1, 0.15) is 0 Å². The number of hydrogen-bond acceptors (Lipinski definition) is 3. The lowest BCUT2D eigenvalue weighted by Crippen LogP contribution is -2.56. The third-order valence-corrected chi connectivity index (χ3v) is 3.31. The molecular formula is C11H16BrN3. The van der Waals surface area contributed by atoms with Crippen molar-refractivity contribution < 1.29 is 0 Å². The van der Waals surface area contributed by atoms with Crippen molar-refractivity contribution in [3.8, 4) is 0 Å². The van der Waals surface area contributed by atoms with Crippen LogP contribution in [-0.4, -0.2) is 35.6 Å². The summed E-state index contributed by atoms with van der Waals surface area (Å²) in [5, 5.41) is 3.30. The molecule has 0 radical (unpaired) electrons. The van der Waals surface area contributed by atoms with Gasteiger partial charge < -0.3 is 5.32 Å². The quantitative estimate of drug-likeness (QED) is 0.901. The lowest BCUT2D eigenvalue weighted by Gasteiger charge is -2.37. The Bertz CT molecular complexity index is 308. The Balaban J connectivity index is 1.96. The third kappa shape index (κ3) is 2.77. The van der Waals surface area contributed by atoms with Crippen molar-refractivity contribution in [3.63, 3.8) is 0 Å². The summed E-state index contributed by atoms with van der Waals surface area (Å²) < 4.78 is 1.04. The molecule has 4 heteroatoms. The standard InChI is InChI=1S/C11H16BrN3/c1-2-15(11-6-13-7-11)8-10-4-3-9(12)5-14-10/h3-5,11,13H,2,6-8H2,1H3. The molecule has 1 fully saturated rings. The average Bonchev–Trinajstić information content (AvgIpc) is 2.17. The van der Waals surface area contributed by atoms with E-state index in [0.717, 1.165) is 36.3 Å². The smallest absolute Gasteiger partial charge is 0.0544 e. The first-order valence-corrected chi connectivity index (χ1v) is 6.14. The number of halogens is 1. The van der Waals surface area contributed by atoms with Crippen LogP contribution in [0.15, 0.2) is 22.8 Å². The van der Waals surface area contributed by atoms with E-state index in [1.165, 1.54) is 0 Å². The van der Waals surface area contributed by atoms with Gasteiger partial charge in [0.25, 0.3) is 0 Å². The van der Waals surface area contributed by atoms with Gasteiger partial charge in [-0.1, -0.05) is 6.92 Å². The second-order valence-corrected chi connectivity index (χ2v) is 4.76. The van der Waals surface area contributed by atoms with E-state index in [1.807, 2.05) is 6.20 Å². The van der Waals surface area contributed by atoms with Gasteiger partial charge in [-0.2, -0.15) is 0 Å². The highest BCUT2D eigenvalue weighted by Crippen LogP contribution is 2.12. The van der Waals surface area contributed by atoms with Gasteiger partial charge in [-0.15, -0.1) is 0 Å². The number of nitrogens with zero attached hydrogens (tertiary/aromatic N) is 2. The van der Waals surface area contributed by atoms with E-state index < -0.39 is 0 Å². The molecular weight excluding hydrogens is 254 g/mol. The molecule has 0 unspecified atom stereocenters. The fourth-order valence-electron chi connectivity index (χ4n) is 1.74. The maximum absolute atomic E-state index is 4.40. The molecule has 0 atom stereocenters. The molecule has 3 nitrogen and oxygen atoms in total. The highest BCUT2D eigenvalue weighted by atomic mass is 79.9. The lowest BCUT2D eigenvalue weighted by atomic mass is 10.1. The summed E-state index contributed by atoms with van der Waals surface area (Å²) in [6.45, 7) is 6.48. The Kier molecular flexibility index (Phi) is 3.72. The summed E-state index contributed by atoms with van der Waals surface area (Å²) in [5.41, 5.74) is 1.15. The van der Waals surface area contributed by atoms with Crippen LogP contribution in [0.2, 0.25) is 0 Å². The first-order chi connectivity index (χ1) is 7.29. The van der Waals surface area contributed by atoms with E-state index in [-0.39, 0.29) is 0 Å². The van der Waals surface area contributed by atoms with Crippen molar-refractivity contribution in [3.05, 3.63) is 28.5 Å². The number of aromatic nitrogens is 1. The SMILES string of the molecule is CCN(Cc1ccc(Br)cn1)C1CNC1. The van der Waals surface area contributed by atoms with Gasteiger partial charge >= 0.3 is 0 Å². The highest BCUT2D eigenvalue weighted by molar-refractivity contribution is 9.10. The number of pyridine rings is 1. The van der Waals surface area contributed by atoms with Crippen LogP contribution in [0.5, 0.6) is 0 Å². The van der Waals surface area contributed by atoms with Crippen molar-refractivity contribution in [2.45, 2.75) is 19.5 Å². The monoisotopic (exact) mass is 269 g/mol. The molecule has 0 spiro atoms. The number of rotatable bonds is 4. The molecule has 0 aliphatic carbocycles. The van der Waals surface area contributed by atoms with Crippen molar-refractivity contribution in [1.82, 2.24) is 15.2 Å². The Hall–Kier alpha value is -0.450. The summed E-state index contributed by atoms with van der Waals surface area (Å²) in [5.74, 6) is 0. The van der Waals surface area contributed by atoms with Crippen LogP contribution in [0.25, 0.3) is 0 Å². The minimum absolute atomic E-state index is 0.695. The molecule has 0 amide bonds. The van der Waals surface area contributed by atoms with Crippen LogP contribution in [0.1, 0.15) is 12.6 Å². The van der Waals surface area contributed by atoms with Gasteiger partial charge in [-0.05, 0) is 34.6 Å². The minimum atomic E-state index is 0.695. The van der Waals surface area contributed by atoms with E-state index >= 15 is 0 Å². The second-order valence-electron chi connectivity index (χ2n) is 3.84. The molecule has 1 aliphatic rings. The van der Waals surface area contributed by atoms with Crippen LogP contribution < -0.4 is 5.32 Å². The largest absolute Gasteiger partial charge is 0.314 e. The van der Waals surface area contributed by atoms with Crippen LogP contribution >= 0.6 is 15.9 Å². The van der Waals surface area contributed by atoms with Crippen molar-refractivity contribution >= 4 is 15.9 Å².